The fraction of sp³-hybridized carbons (Fsp3) is 0.444. The summed E-state index contributed by atoms with van der Waals surface area (Å²) in [6.45, 7) is 1.02. The van der Waals surface area contributed by atoms with Crippen LogP contribution in [0.5, 0.6) is 0 Å². The summed E-state index contributed by atoms with van der Waals surface area (Å²) in [7, 11) is 0. The van der Waals surface area contributed by atoms with E-state index in [1.54, 1.807) is 5.01 Å². The number of fused-ring (bicyclic) bond motifs is 1. The van der Waals surface area contributed by atoms with E-state index in [0.29, 0.717) is 24.7 Å². The molecule has 27 heavy (non-hydrogen) atoms. The number of aromatic nitrogens is 1. The summed E-state index contributed by atoms with van der Waals surface area (Å²) in [6.07, 6.45) is 0.0846. The second kappa shape index (κ2) is 6.79. The van der Waals surface area contributed by atoms with Crippen molar-refractivity contribution < 1.29 is 22.5 Å². The number of nitrogens with zero attached hydrogens (tertiary/aromatic N) is 3. The first-order valence-electron chi connectivity index (χ1n) is 8.94. The number of urea groups is 1. The van der Waals surface area contributed by atoms with E-state index in [-0.39, 0.29) is 6.03 Å². The molecular weight excluding hydrogens is 361 g/mol. The SMILES string of the molecule is O=C(Nc1onc2c1CCCC2)N1CCCN1c1ccc(C(F)(F)F)cc1. The van der Waals surface area contributed by atoms with Gasteiger partial charge < -0.3 is 4.52 Å². The van der Waals surface area contributed by atoms with Crippen LogP contribution >= 0.6 is 0 Å². The Morgan fingerprint density at radius 2 is 1.81 bits per heavy atom. The molecule has 0 bridgehead atoms. The van der Waals surface area contributed by atoms with E-state index in [2.05, 4.69) is 10.5 Å². The van der Waals surface area contributed by atoms with E-state index in [1.165, 1.54) is 17.1 Å². The van der Waals surface area contributed by atoms with Gasteiger partial charge in [-0.1, -0.05) is 5.16 Å². The number of anilines is 2. The molecule has 1 N–H and O–H groups in total. The summed E-state index contributed by atoms with van der Waals surface area (Å²) < 4.78 is 43.5. The molecule has 0 radical (unpaired) electrons. The van der Waals surface area contributed by atoms with Crippen LogP contribution in [0.25, 0.3) is 0 Å². The first-order valence-corrected chi connectivity index (χ1v) is 8.94. The maximum Gasteiger partial charge on any atom is 0.416 e. The van der Waals surface area contributed by atoms with Crippen molar-refractivity contribution in [2.45, 2.75) is 38.3 Å². The highest BCUT2D eigenvalue weighted by atomic mass is 19.4. The molecule has 0 atom stereocenters. The van der Waals surface area contributed by atoms with Gasteiger partial charge in [-0.25, -0.2) is 9.80 Å². The lowest BCUT2D eigenvalue weighted by molar-refractivity contribution is -0.137. The molecule has 1 aromatic heterocycles. The highest BCUT2D eigenvalue weighted by Crippen LogP contribution is 2.32. The van der Waals surface area contributed by atoms with Gasteiger partial charge in [0.25, 0.3) is 0 Å². The number of hydrogen-bond acceptors (Lipinski definition) is 4. The second-order valence-electron chi connectivity index (χ2n) is 6.72. The Morgan fingerprint density at radius 3 is 2.56 bits per heavy atom. The first-order chi connectivity index (χ1) is 12.9. The predicted molar refractivity (Wildman–Crippen MR) is 92.3 cm³/mol. The van der Waals surface area contributed by atoms with Crippen molar-refractivity contribution >= 4 is 17.6 Å². The maximum atomic E-state index is 12.7. The van der Waals surface area contributed by atoms with Crippen LogP contribution in [0.3, 0.4) is 0 Å². The second-order valence-corrected chi connectivity index (χ2v) is 6.72. The molecule has 0 spiro atoms. The Kier molecular flexibility index (Phi) is 4.45. The van der Waals surface area contributed by atoms with E-state index >= 15 is 0 Å². The number of benzene rings is 1. The molecular formula is C18H19F3N4O2. The van der Waals surface area contributed by atoms with Crippen LogP contribution in [-0.2, 0) is 19.0 Å². The third-order valence-corrected chi connectivity index (χ3v) is 4.94. The minimum absolute atomic E-state index is 0.369. The van der Waals surface area contributed by atoms with Crippen molar-refractivity contribution in [1.29, 1.82) is 0 Å². The van der Waals surface area contributed by atoms with Gasteiger partial charge in [0.05, 0.1) is 16.9 Å². The Bertz CT molecular complexity index is 832. The van der Waals surface area contributed by atoms with Crippen molar-refractivity contribution in [2.24, 2.45) is 0 Å². The molecule has 0 saturated carbocycles. The molecule has 2 aromatic rings. The normalized spacial score (nSPS) is 17.1. The molecule has 1 aliphatic carbocycles. The number of nitrogens with one attached hydrogen (secondary N) is 1. The van der Waals surface area contributed by atoms with E-state index < -0.39 is 11.7 Å². The number of alkyl halides is 3. The molecule has 4 rings (SSSR count). The summed E-state index contributed by atoms with van der Waals surface area (Å²) in [4.78, 5) is 12.7. The molecule has 0 unspecified atom stereocenters. The van der Waals surface area contributed by atoms with Crippen LogP contribution in [0, 0.1) is 0 Å². The lowest BCUT2D eigenvalue weighted by Gasteiger charge is -2.29. The lowest BCUT2D eigenvalue weighted by Crippen LogP contribution is -2.43. The zero-order valence-corrected chi connectivity index (χ0v) is 14.6. The quantitative estimate of drug-likeness (QED) is 0.847. The monoisotopic (exact) mass is 380 g/mol. The first kappa shape index (κ1) is 17.7. The zero-order valence-electron chi connectivity index (χ0n) is 14.6. The number of amides is 2. The molecule has 6 nitrogen and oxygen atoms in total. The average Bonchev–Trinajstić information content (AvgIpc) is 3.29. The summed E-state index contributed by atoms with van der Waals surface area (Å²) in [5.41, 5.74) is 1.65. The number of carbonyl (C=O) groups is 1. The maximum absolute atomic E-state index is 12.7. The smallest absolute Gasteiger partial charge is 0.338 e. The number of aryl methyl sites for hydroxylation is 1. The molecule has 2 heterocycles. The van der Waals surface area contributed by atoms with E-state index in [9.17, 15) is 18.0 Å². The van der Waals surface area contributed by atoms with Gasteiger partial charge in [-0.2, -0.15) is 13.2 Å². The highest BCUT2D eigenvalue weighted by Gasteiger charge is 2.32. The van der Waals surface area contributed by atoms with Crippen LogP contribution in [0.1, 0.15) is 36.1 Å². The summed E-state index contributed by atoms with van der Waals surface area (Å²) in [5.74, 6) is 0.369. The lowest BCUT2D eigenvalue weighted by atomic mass is 9.98. The summed E-state index contributed by atoms with van der Waals surface area (Å²) in [5, 5.41) is 9.95. The Balaban J connectivity index is 1.49. The van der Waals surface area contributed by atoms with Gasteiger partial charge in [0.1, 0.15) is 0 Å². The summed E-state index contributed by atoms with van der Waals surface area (Å²) in [6, 6.07) is 4.43. The van der Waals surface area contributed by atoms with E-state index in [0.717, 1.165) is 55.5 Å². The average molecular weight is 380 g/mol. The molecule has 1 aliphatic heterocycles. The zero-order chi connectivity index (χ0) is 19.0. The molecule has 144 valence electrons. The third kappa shape index (κ3) is 3.45. The fourth-order valence-corrected chi connectivity index (χ4v) is 3.56. The highest BCUT2D eigenvalue weighted by molar-refractivity contribution is 5.90. The van der Waals surface area contributed by atoms with Crippen LogP contribution in [0.4, 0.5) is 29.5 Å². The third-order valence-electron chi connectivity index (χ3n) is 4.94. The molecule has 1 saturated heterocycles. The van der Waals surface area contributed by atoms with Gasteiger partial charge in [0.15, 0.2) is 0 Å². The van der Waals surface area contributed by atoms with E-state index in [4.69, 9.17) is 4.52 Å². The largest absolute Gasteiger partial charge is 0.416 e. The van der Waals surface area contributed by atoms with Crippen LogP contribution in [-0.4, -0.2) is 29.3 Å². The molecule has 1 aromatic carbocycles. The summed E-state index contributed by atoms with van der Waals surface area (Å²) >= 11 is 0. The minimum atomic E-state index is -4.38. The van der Waals surface area contributed by atoms with Crippen molar-refractivity contribution in [3.8, 4) is 0 Å². The Hall–Kier alpha value is -2.71. The van der Waals surface area contributed by atoms with Crippen LogP contribution < -0.4 is 10.3 Å². The van der Waals surface area contributed by atoms with Crippen molar-refractivity contribution in [3.63, 3.8) is 0 Å². The van der Waals surface area contributed by atoms with Gasteiger partial charge in [-0.3, -0.25) is 10.3 Å². The Morgan fingerprint density at radius 1 is 1.07 bits per heavy atom. The molecule has 9 heteroatoms. The van der Waals surface area contributed by atoms with Crippen molar-refractivity contribution in [2.75, 3.05) is 23.4 Å². The Labute approximate surface area is 153 Å². The number of halogens is 3. The number of hydrogen-bond donors (Lipinski definition) is 1. The molecule has 2 aliphatic rings. The van der Waals surface area contributed by atoms with Gasteiger partial charge in [-0.05, 0) is 56.4 Å². The van der Waals surface area contributed by atoms with Crippen LogP contribution in [0.15, 0.2) is 28.8 Å². The van der Waals surface area contributed by atoms with Crippen LogP contribution in [0.2, 0.25) is 0 Å². The van der Waals surface area contributed by atoms with E-state index in [1.807, 2.05) is 0 Å². The number of carbonyl (C=O) groups excluding carboxylic acids is 1. The fourth-order valence-electron chi connectivity index (χ4n) is 3.56. The van der Waals surface area contributed by atoms with Crippen molar-refractivity contribution in [1.82, 2.24) is 10.2 Å². The minimum Gasteiger partial charge on any atom is -0.338 e. The van der Waals surface area contributed by atoms with Crippen molar-refractivity contribution in [3.05, 3.63) is 41.1 Å². The molecule has 1 fully saturated rings. The van der Waals surface area contributed by atoms with Gasteiger partial charge in [0.2, 0.25) is 5.88 Å². The van der Waals surface area contributed by atoms with Gasteiger partial charge in [-0.15, -0.1) is 0 Å². The number of hydrazine groups is 1. The number of rotatable bonds is 2. The topological polar surface area (TPSA) is 61.6 Å². The van der Waals surface area contributed by atoms with Gasteiger partial charge in [0, 0.05) is 18.7 Å². The molecule has 2 amide bonds. The predicted octanol–water partition coefficient (Wildman–Crippen LogP) is 4.23. The standard InChI is InChI=1S/C18H19F3N4O2/c19-18(20,21)12-6-8-13(9-7-12)24-10-3-11-25(24)17(26)22-16-14-4-1-2-5-15(14)23-27-16/h6-9H,1-5,10-11H2,(H,22,26). The van der Waals surface area contributed by atoms with Gasteiger partial charge >= 0.3 is 12.2 Å².